The molecule has 0 radical (unpaired) electrons. The monoisotopic (exact) mass is 390 g/mol. The van der Waals surface area contributed by atoms with Gasteiger partial charge in [-0.05, 0) is 36.4 Å². The molecule has 2 aromatic carbocycles. The first kappa shape index (κ1) is 19.5. The molecule has 7 nitrogen and oxygen atoms in total. The fourth-order valence-corrected chi connectivity index (χ4v) is 2.68. The molecule has 140 valence electrons. The van der Waals surface area contributed by atoms with Gasteiger partial charge in [-0.2, -0.15) is 0 Å². The topological polar surface area (TPSA) is 93.7 Å². The van der Waals surface area contributed by atoms with Crippen LogP contribution in [0.3, 0.4) is 0 Å². The Hall–Kier alpha value is -2.79. The number of sulfonamides is 1. The normalized spacial score (nSPS) is 11.1. The highest BCUT2D eigenvalue weighted by molar-refractivity contribution is 7.89. The van der Waals surface area contributed by atoms with E-state index in [-0.39, 0.29) is 0 Å². The molecule has 2 N–H and O–H groups in total. The van der Waals surface area contributed by atoms with Crippen molar-refractivity contribution in [3.63, 3.8) is 0 Å². The highest BCUT2D eigenvalue weighted by Crippen LogP contribution is 2.19. The lowest BCUT2D eigenvalue weighted by Crippen LogP contribution is -2.44. The Balaban J connectivity index is 1.94. The van der Waals surface area contributed by atoms with E-state index in [1.165, 1.54) is 19.2 Å². The summed E-state index contributed by atoms with van der Waals surface area (Å²) in [5.41, 5.74) is 1.77. The molecule has 0 unspecified atom stereocenters. The molecule has 11 heteroatoms. The van der Waals surface area contributed by atoms with Crippen LogP contribution in [0.1, 0.15) is 0 Å². The van der Waals surface area contributed by atoms with E-state index in [9.17, 15) is 26.4 Å². The second kappa shape index (κ2) is 8.06. The van der Waals surface area contributed by atoms with Crippen LogP contribution in [0, 0.1) is 17.5 Å². The van der Waals surface area contributed by atoms with Crippen LogP contribution in [0.2, 0.25) is 0 Å². The number of hydrogen-bond acceptors (Lipinski definition) is 5. The molecule has 0 aliphatic rings. The Morgan fingerprint density at radius 1 is 1.00 bits per heavy atom. The first-order valence-electron chi connectivity index (χ1n) is 6.95. The maximum absolute atomic E-state index is 13.5. The van der Waals surface area contributed by atoms with Gasteiger partial charge in [-0.25, -0.2) is 21.6 Å². The Morgan fingerprint density at radius 3 is 2.23 bits per heavy atom. The Morgan fingerprint density at radius 2 is 1.62 bits per heavy atom. The quantitative estimate of drug-likeness (QED) is 0.552. The molecule has 0 saturated heterocycles. The minimum absolute atomic E-state index is 0.315. The van der Waals surface area contributed by atoms with Crippen LogP contribution in [0.25, 0.3) is 0 Å². The number of methoxy groups -OCH3 is 1. The molecule has 0 saturated carbocycles. The molecule has 0 spiro atoms. The van der Waals surface area contributed by atoms with Crippen LogP contribution in [0.4, 0.5) is 13.2 Å². The second-order valence-electron chi connectivity index (χ2n) is 4.79. The second-order valence-corrected chi connectivity index (χ2v) is 6.44. The summed E-state index contributed by atoms with van der Waals surface area (Å²) in [6.45, 7) is -0.560. The van der Waals surface area contributed by atoms with E-state index in [1.54, 1.807) is 22.4 Å². The highest BCUT2D eigenvalue weighted by Gasteiger charge is 2.24. The first-order chi connectivity index (χ1) is 12.2. The summed E-state index contributed by atoms with van der Waals surface area (Å²) >= 11 is 0. The van der Waals surface area contributed by atoms with Crippen molar-refractivity contribution in [2.24, 2.45) is 0 Å². The lowest BCUT2D eigenvalue weighted by Gasteiger charge is -2.10. The zero-order valence-corrected chi connectivity index (χ0v) is 14.1. The van der Waals surface area contributed by atoms with E-state index in [2.05, 4.69) is 0 Å². The van der Waals surface area contributed by atoms with E-state index in [4.69, 9.17) is 9.47 Å². The Bertz CT molecular complexity index is 904. The number of carbonyl (C=O) groups is 1. The Labute approximate surface area is 146 Å². The number of rotatable bonds is 7. The van der Waals surface area contributed by atoms with Gasteiger partial charge in [-0.1, -0.05) is 0 Å². The summed E-state index contributed by atoms with van der Waals surface area (Å²) in [4.78, 5) is 12.0. The van der Waals surface area contributed by atoms with Crippen molar-refractivity contribution >= 4 is 15.9 Å². The van der Waals surface area contributed by atoms with Crippen molar-refractivity contribution < 1.29 is 35.9 Å². The van der Waals surface area contributed by atoms with Crippen LogP contribution >= 0.6 is 0 Å². The smallest absolute Gasteiger partial charge is 0.272 e. The average Bonchev–Trinajstić information content (AvgIpc) is 2.63. The average molecular weight is 390 g/mol. The van der Waals surface area contributed by atoms with Gasteiger partial charge >= 0.3 is 0 Å². The lowest BCUT2D eigenvalue weighted by molar-refractivity contribution is -0.123. The number of nitrogens with one attached hydrogen (secondary N) is 2. The largest absolute Gasteiger partial charge is 0.497 e. The zero-order valence-electron chi connectivity index (χ0n) is 13.3. The fourth-order valence-electron chi connectivity index (χ4n) is 1.75. The molecule has 0 bridgehead atoms. The summed E-state index contributed by atoms with van der Waals surface area (Å²) in [6, 6.07) is 7.18. The van der Waals surface area contributed by atoms with Crippen LogP contribution < -0.4 is 19.7 Å². The van der Waals surface area contributed by atoms with Gasteiger partial charge in [0.15, 0.2) is 24.1 Å². The third-order valence-corrected chi connectivity index (χ3v) is 4.31. The van der Waals surface area contributed by atoms with Crippen molar-refractivity contribution in [3.8, 4) is 11.5 Å². The van der Waals surface area contributed by atoms with Gasteiger partial charge in [0, 0.05) is 0 Å². The van der Waals surface area contributed by atoms with Crippen LogP contribution in [0.15, 0.2) is 41.3 Å². The van der Waals surface area contributed by atoms with Gasteiger partial charge in [0.2, 0.25) is 0 Å². The van der Waals surface area contributed by atoms with E-state index < -0.39 is 44.9 Å². The van der Waals surface area contributed by atoms with Gasteiger partial charge in [0.05, 0.1) is 7.11 Å². The van der Waals surface area contributed by atoms with Gasteiger partial charge in [-0.3, -0.25) is 10.2 Å². The molecule has 0 heterocycles. The fraction of sp³-hybridized carbons (Fsp3) is 0.133. The van der Waals surface area contributed by atoms with Crippen LogP contribution in [-0.2, 0) is 14.8 Å². The van der Waals surface area contributed by atoms with Crippen molar-refractivity contribution in [1.82, 2.24) is 10.3 Å². The summed E-state index contributed by atoms with van der Waals surface area (Å²) in [5, 5.41) is 0. The van der Waals surface area contributed by atoms with Gasteiger partial charge < -0.3 is 9.47 Å². The zero-order chi connectivity index (χ0) is 19.3. The molecule has 2 rings (SSSR count). The predicted molar refractivity (Wildman–Crippen MR) is 83.3 cm³/mol. The molecule has 26 heavy (non-hydrogen) atoms. The molecule has 0 fully saturated rings. The molecule has 1 amide bonds. The number of amides is 1. The van der Waals surface area contributed by atoms with E-state index >= 15 is 0 Å². The molecular weight excluding hydrogens is 377 g/mol. The molecule has 0 aliphatic heterocycles. The summed E-state index contributed by atoms with van der Waals surface area (Å²) in [6.07, 6.45) is 0. The van der Waals surface area contributed by atoms with Crippen LogP contribution in [-0.4, -0.2) is 28.0 Å². The maximum Gasteiger partial charge on any atom is 0.272 e. The predicted octanol–water partition coefficient (Wildman–Crippen LogP) is 1.50. The highest BCUT2D eigenvalue weighted by atomic mass is 32.2. The van der Waals surface area contributed by atoms with Crippen molar-refractivity contribution in [2.75, 3.05) is 13.7 Å². The van der Waals surface area contributed by atoms with Crippen LogP contribution in [0.5, 0.6) is 11.5 Å². The molecule has 0 atom stereocenters. The number of ether oxygens (including phenoxy) is 2. The lowest BCUT2D eigenvalue weighted by atomic mass is 10.3. The van der Waals surface area contributed by atoms with E-state index in [0.717, 1.165) is 0 Å². The minimum atomic E-state index is -4.65. The van der Waals surface area contributed by atoms with Crippen molar-refractivity contribution in [2.45, 2.75) is 4.90 Å². The number of hydrazine groups is 1. The number of hydrogen-bond donors (Lipinski definition) is 2. The minimum Gasteiger partial charge on any atom is -0.497 e. The molecule has 0 aromatic heterocycles. The van der Waals surface area contributed by atoms with Gasteiger partial charge in [0.1, 0.15) is 16.4 Å². The summed E-state index contributed by atoms with van der Waals surface area (Å²) in [5.74, 6) is -5.41. The molecule has 2 aromatic rings. The van der Waals surface area contributed by atoms with Gasteiger partial charge in [-0.15, -0.1) is 4.83 Å². The number of halogens is 3. The standard InChI is InChI=1S/C15H13F3N2O5S/c1-24-9-2-4-10(5-3-9)25-8-13(21)19-20-26(22,23)12-7-6-11(16)14(17)15(12)18/h2-7,20H,8H2,1H3,(H,19,21). The summed E-state index contributed by atoms with van der Waals surface area (Å²) < 4.78 is 73.3. The van der Waals surface area contributed by atoms with Crippen molar-refractivity contribution in [3.05, 3.63) is 53.8 Å². The number of benzene rings is 2. The molecular formula is C15H13F3N2O5S. The molecule has 0 aliphatic carbocycles. The SMILES string of the molecule is COc1ccc(OCC(=O)NNS(=O)(=O)c2ccc(F)c(F)c2F)cc1. The van der Waals surface area contributed by atoms with E-state index in [0.29, 0.717) is 23.6 Å². The first-order valence-corrected chi connectivity index (χ1v) is 8.44. The maximum atomic E-state index is 13.5. The van der Waals surface area contributed by atoms with Gasteiger partial charge in [0.25, 0.3) is 15.9 Å². The number of carbonyl (C=O) groups excluding carboxylic acids is 1. The van der Waals surface area contributed by atoms with E-state index in [1.807, 2.05) is 0 Å². The third-order valence-electron chi connectivity index (χ3n) is 3.04. The Kier molecular flexibility index (Phi) is 6.05. The summed E-state index contributed by atoms with van der Waals surface area (Å²) in [7, 11) is -3.18. The third kappa shape index (κ3) is 4.64. The van der Waals surface area contributed by atoms with Crippen molar-refractivity contribution in [1.29, 1.82) is 0 Å².